The molecule has 2 heterocycles. The van der Waals surface area contributed by atoms with E-state index in [4.69, 9.17) is 10.5 Å². The van der Waals surface area contributed by atoms with Crippen molar-refractivity contribution in [2.75, 3.05) is 12.3 Å². The molecule has 4 aromatic rings. The number of esters is 1. The zero-order chi connectivity index (χ0) is 25.1. The zero-order valence-corrected chi connectivity index (χ0v) is 19.4. The van der Waals surface area contributed by atoms with Crippen molar-refractivity contribution in [2.45, 2.75) is 19.9 Å². The first-order valence-electron chi connectivity index (χ1n) is 11.1. The van der Waals surface area contributed by atoms with Crippen LogP contribution in [0.15, 0.2) is 70.3 Å². The third-order valence-corrected chi connectivity index (χ3v) is 5.65. The van der Waals surface area contributed by atoms with Gasteiger partial charge in [-0.3, -0.25) is 18.7 Å². The minimum Gasteiger partial charge on any atom is -0.454 e. The lowest BCUT2D eigenvalue weighted by molar-refractivity contribution is 0.0476. The Hall–Kier alpha value is -4.53. The molecule has 0 saturated heterocycles. The number of nitrogen functional groups attached to an aromatic ring is 1. The third kappa shape index (κ3) is 4.48. The van der Waals surface area contributed by atoms with Crippen LogP contribution in [0.3, 0.4) is 0 Å². The van der Waals surface area contributed by atoms with Gasteiger partial charge in [0.1, 0.15) is 11.4 Å². The molecule has 0 aliphatic rings. The molecule has 0 spiro atoms. The number of Topliss-reactive ketones (excluding diaryl/α,β-unsaturated/α-hetero) is 1. The molecule has 0 fully saturated rings. The van der Waals surface area contributed by atoms with Gasteiger partial charge in [-0.25, -0.2) is 14.6 Å². The average Bonchev–Trinajstić information content (AvgIpc) is 2.88. The van der Waals surface area contributed by atoms with Crippen LogP contribution >= 0.6 is 0 Å². The minimum atomic E-state index is -0.832. The molecule has 2 aromatic carbocycles. The van der Waals surface area contributed by atoms with Gasteiger partial charge in [-0.15, -0.1) is 0 Å². The molecule has 0 bridgehead atoms. The number of rotatable bonds is 7. The van der Waals surface area contributed by atoms with E-state index in [1.807, 2.05) is 43.3 Å². The molecule has 35 heavy (non-hydrogen) atoms. The predicted molar refractivity (Wildman–Crippen MR) is 132 cm³/mol. The maximum Gasteiger partial charge on any atom is 0.339 e. The molecule has 4 rings (SSSR count). The van der Waals surface area contributed by atoms with Crippen molar-refractivity contribution in [1.82, 2.24) is 14.1 Å². The lowest BCUT2D eigenvalue weighted by atomic mass is 10.0. The molecule has 0 saturated carbocycles. The predicted octanol–water partition coefficient (Wildman–Crippen LogP) is 2.79. The van der Waals surface area contributed by atoms with Gasteiger partial charge in [0.2, 0.25) is 5.78 Å². The van der Waals surface area contributed by atoms with E-state index < -0.39 is 29.6 Å². The van der Waals surface area contributed by atoms with Crippen LogP contribution in [-0.2, 0) is 18.3 Å². The summed E-state index contributed by atoms with van der Waals surface area (Å²) in [6.45, 7) is 1.37. The fourth-order valence-electron chi connectivity index (χ4n) is 3.87. The van der Waals surface area contributed by atoms with Gasteiger partial charge in [-0.2, -0.15) is 0 Å². The number of aromatic nitrogens is 3. The summed E-state index contributed by atoms with van der Waals surface area (Å²) in [4.78, 5) is 55.5. The number of anilines is 1. The van der Waals surface area contributed by atoms with E-state index in [1.165, 1.54) is 11.6 Å². The molecule has 0 aliphatic heterocycles. The summed E-state index contributed by atoms with van der Waals surface area (Å²) in [7, 11) is 1.27. The molecular formula is C26H24N4O5. The van der Waals surface area contributed by atoms with Crippen LogP contribution in [-0.4, -0.2) is 32.5 Å². The van der Waals surface area contributed by atoms with E-state index in [9.17, 15) is 19.2 Å². The maximum atomic E-state index is 13.1. The molecule has 0 aliphatic carbocycles. The fourth-order valence-corrected chi connectivity index (χ4v) is 3.87. The van der Waals surface area contributed by atoms with E-state index in [0.717, 1.165) is 10.1 Å². The number of benzene rings is 2. The van der Waals surface area contributed by atoms with Crippen LogP contribution < -0.4 is 17.0 Å². The van der Waals surface area contributed by atoms with Gasteiger partial charge in [-0.05, 0) is 18.6 Å². The highest BCUT2D eigenvalue weighted by Gasteiger charge is 2.23. The molecule has 2 aromatic heterocycles. The Morgan fingerprint density at radius 3 is 2.43 bits per heavy atom. The molecular weight excluding hydrogens is 448 g/mol. The first-order chi connectivity index (χ1) is 16.8. The summed E-state index contributed by atoms with van der Waals surface area (Å²) in [5, 5.41) is 0.566. The summed E-state index contributed by atoms with van der Waals surface area (Å²) < 4.78 is 7.30. The number of carbonyl (C=O) groups is 2. The molecule has 9 nitrogen and oxygen atoms in total. The molecule has 2 N–H and O–H groups in total. The largest absolute Gasteiger partial charge is 0.454 e. The lowest BCUT2D eigenvalue weighted by Gasteiger charge is -2.14. The summed E-state index contributed by atoms with van der Waals surface area (Å²) >= 11 is 0. The first kappa shape index (κ1) is 23.6. The van der Waals surface area contributed by atoms with Crippen LogP contribution in [0, 0.1) is 0 Å². The summed E-state index contributed by atoms with van der Waals surface area (Å²) in [6.07, 6.45) is 0.573. The van der Waals surface area contributed by atoms with Gasteiger partial charge in [0, 0.05) is 24.5 Å². The smallest absolute Gasteiger partial charge is 0.339 e. The lowest BCUT2D eigenvalue weighted by Crippen LogP contribution is -2.43. The van der Waals surface area contributed by atoms with Crippen LogP contribution in [0.2, 0.25) is 0 Å². The van der Waals surface area contributed by atoms with Crippen molar-refractivity contribution in [3.63, 3.8) is 0 Å². The topological polar surface area (TPSA) is 126 Å². The first-order valence-corrected chi connectivity index (χ1v) is 11.1. The van der Waals surface area contributed by atoms with Crippen LogP contribution in [0.5, 0.6) is 0 Å². The number of carbonyl (C=O) groups excluding carboxylic acids is 2. The van der Waals surface area contributed by atoms with Crippen molar-refractivity contribution in [3.8, 4) is 11.3 Å². The number of nitrogens with two attached hydrogens (primary N) is 1. The van der Waals surface area contributed by atoms with Crippen molar-refractivity contribution in [1.29, 1.82) is 0 Å². The standard InChI is InChI=1S/C26H24N4O5/c1-3-13-30-23(27)22(24(32)29(2)26(30)34)21(31)15-35-25(33)18-14-20(16-9-5-4-6-10-16)28-19-12-8-7-11-17(18)19/h4-12,14H,3,13,15,27H2,1-2H3. The number of fused-ring (bicyclic) bond motifs is 1. The summed E-state index contributed by atoms with van der Waals surface area (Å²) in [6, 6.07) is 18.1. The number of ketones is 1. The van der Waals surface area contributed by atoms with Gasteiger partial charge in [0.25, 0.3) is 5.56 Å². The molecule has 0 amide bonds. The Labute approximate surface area is 200 Å². The zero-order valence-electron chi connectivity index (χ0n) is 19.4. The van der Waals surface area contributed by atoms with Gasteiger partial charge in [-0.1, -0.05) is 55.5 Å². The van der Waals surface area contributed by atoms with E-state index >= 15 is 0 Å². The van der Waals surface area contributed by atoms with Gasteiger partial charge in [0.15, 0.2) is 6.61 Å². The number of pyridine rings is 1. The maximum absolute atomic E-state index is 13.1. The quantitative estimate of drug-likeness (QED) is 0.324. The average molecular weight is 473 g/mol. The van der Waals surface area contributed by atoms with Crippen LogP contribution in [0.1, 0.15) is 34.1 Å². The number of hydrogen-bond donors (Lipinski definition) is 1. The number of para-hydroxylation sites is 1. The van der Waals surface area contributed by atoms with E-state index in [0.29, 0.717) is 23.0 Å². The number of nitrogens with zero attached hydrogens (tertiary/aromatic N) is 3. The third-order valence-electron chi connectivity index (χ3n) is 5.65. The fraction of sp³-hybridized carbons (Fsp3) is 0.192. The monoisotopic (exact) mass is 472 g/mol. The SMILES string of the molecule is CCCn1c(N)c(C(=O)COC(=O)c2cc(-c3ccccc3)nc3ccccc23)c(=O)n(C)c1=O. The Morgan fingerprint density at radius 2 is 1.71 bits per heavy atom. The van der Waals surface area contributed by atoms with E-state index in [2.05, 4.69) is 4.98 Å². The highest BCUT2D eigenvalue weighted by molar-refractivity contribution is 6.06. The number of ether oxygens (including phenoxy) is 1. The normalized spacial score (nSPS) is 10.9. The molecule has 9 heteroatoms. The Morgan fingerprint density at radius 1 is 1.03 bits per heavy atom. The highest BCUT2D eigenvalue weighted by Crippen LogP contribution is 2.25. The minimum absolute atomic E-state index is 0.235. The second-order valence-electron chi connectivity index (χ2n) is 8.00. The Balaban J connectivity index is 1.67. The highest BCUT2D eigenvalue weighted by atomic mass is 16.5. The van der Waals surface area contributed by atoms with Crippen molar-refractivity contribution < 1.29 is 14.3 Å². The molecule has 0 radical (unpaired) electrons. The Kier molecular flexibility index (Phi) is 6.59. The van der Waals surface area contributed by atoms with Gasteiger partial charge < -0.3 is 10.5 Å². The van der Waals surface area contributed by atoms with E-state index in [1.54, 1.807) is 24.3 Å². The second kappa shape index (κ2) is 9.76. The van der Waals surface area contributed by atoms with Gasteiger partial charge >= 0.3 is 11.7 Å². The second-order valence-corrected chi connectivity index (χ2v) is 8.00. The van der Waals surface area contributed by atoms with Crippen molar-refractivity contribution in [2.24, 2.45) is 7.05 Å². The molecule has 0 unspecified atom stereocenters. The van der Waals surface area contributed by atoms with Crippen LogP contribution in [0.4, 0.5) is 5.82 Å². The van der Waals surface area contributed by atoms with Crippen molar-refractivity contribution in [3.05, 3.63) is 92.6 Å². The van der Waals surface area contributed by atoms with Crippen molar-refractivity contribution >= 4 is 28.5 Å². The summed E-state index contributed by atoms with van der Waals surface area (Å²) in [5.41, 5.74) is 6.40. The molecule has 178 valence electrons. The van der Waals surface area contributed by atoms with Gasteiger partial charge in [0.05, 0.1) is 16.8 Å². The van der Waals surface area contributed by atoms with Crippen LogP contribution in [0.25, 0.3) is 22.2 Å². The van der Waals surface area contributed by atoms with E-state index in [-0.39, 0.29) is 23.5 Å². The summed E-state index contributed by atoms with van der Waals surface area (Å²) in [5.74, 6) is -1.77. The molecule has 0 atom stereocenters. The number of hydrogen-bond acceptors (Lipinski definition) is 7. The Bertz CT molecular complexity index is 1550.